The first kappa shape index (κ1) is 19.6. The Hall–Kier alpha value is -2.69. The van der Waals surface area contributed by atoms with Gasteiger partial charge in [0.2, 0.25) is 5.91 Å². The molecule has 2 aromatic carbocycles. The molecule has 0 aliphatic rings. The van der Waals surface area contributed by atoms with E-state index in [0.29, 0.717) is 45.0 Å². The number of amides is 1. The summed E-state index contributed by atoms with van der Waals surface area (Å²) in [7, 11) is 0. The van der Waals surface area contributed by atoms with Crippen LogP contribution >= 0.6 is 0 Å². The molecule has 5 heteroatoms. The van der Waals surface area contributed by atoms with Crippen LogP contribution in [-0.2, 0) is 4.79 Å². The molecule has 0 bridgehead atoms. The summed E-state index contributed by atoms with van der Waals surface area (Å²) in [6.07, 6.45) is 1.06. The molecule has 26 heavy (non-hydrogen) atoms. The number of benzene rings is 2. The molecular formula is C21H27NO4. The van der Waals surface area contributed by atoms with Crippen molar-refractivity contribution in [1.29, 1.82) is 0 Å². The smallest absolute Gasteiger partial charge is 0.220 e. The van der Waals surface area contributed by atoms with Crippen LogP contribution in [0.4, 0.5) is 0 Å². The zero-order valence-corrected chi connectivity index (χ0v) is 15.5. The number of nitrogens with one attached hydrogen (secondary N) is 1. The molecule has 0 aliphatic carbocycles. The van der Waals surface area contributed by atoms with Crippen molar-refractivity contribution in [2.45, 2.75) is 26.7 Å². The molecule has 1 amide bonds. The highest BCUT2D eigenvalue weighted by Crippen LogP contribution is 2.26. The van der Waals surface area contributed by atoms with Crippen LogP contribution in [0.15, 0.2) is 48.5 Å². The van der Waals surface area contributed by atoms with E-state index >= 15 is 0 Å². The van der Waals surface area contributed by atoms with E-state index in [2.05, 4.69) is 5.32 Å². The lowest BCUT2D eigenvalue weighted by molar-refractivity contribution is -0.121. The van der Waals surface area contributed by atoms with Crippen LogP contribution in [0.5, 0.6) is 17.2 Å². The third-order valence-electron chi connectivity index (χ3n) is 3.73. The molecule has 0 saturated carbocycles. The maximum absolute atomic E-state index is 11.9. The molecule has 140 valence electrons. The third kappa shape index (κ3) is 6.67. The monoisotopic (exact) mass is 357 g/mol. The summed E-state index contributed by atoms with van der Waals surface area (Å²) in [5.74, 6) is 2.29. The van der Waals surface area contributed by atoms with E-state index in [-0.39, 0.29) is 5.91 Å². The van der Waals surface area contributed by atoms with E-state index in [1.54, 1.807) is 0 Å². The van der Waals surface area contributed by atoms with Crippen molar-refractivity contribution in [2.75, 3.05) is 26.4 Å². The van der Waals surface area contributed by atoms with E-state index in [4.69, 9.17) is 14.2 Å². The number of ether oxygens (including phenoxy) is 3. The van der Waals surface area contributed by atoms with Crippen molar-refractivity contribution in [3.05, 3.63) is 54.1 Å². The SMILES string of the molecule is CCOc1ccccc1OCCCC(=O)NCCOc1ccccc1C. The number of carbonyl (C=O) groups excluding carboxylic acids is 1. The van der Waals surface area contributed by atoms with Crippen molar-refractivity contribution in [1.82, 2.24) is 5.32 Å². The van der Waals surface area contributed by atoms with Crippen LogP contribution in [0.2, 0.25) is 0 Å². The minimum atomic E-state index is 0.0000713. The summed E-state index contributed by atoms with van der Waals surface area (Å²) >= 11 is 0. The number of aryl methyl sites for hydroxylation is 1. The lowest BCUT2D eigenvalue weighted by Gasteiger charge is -2.12. The van der Waals surface area contributed by atoms with Crippen LogP contribution in [0.1, 0.15) is 25.3 Å². The topological polar surface area (TPSA) is 56.8 Å². The number of carbonyl (C=O) groups is 1. The highest BCUT2D eigenvalue weighted by Gasteiger charge is 2.05. The largest absolute Gasteiger partial charge is 0.491 e. The summed E-state index contributed by atoms with van der Waals surface area (Å²) in [5.41, 5.74) is 1.09. The van der Waals surface area contributed by atoms with Gasteiger partial charge in [-0.3, -0.25) is 4.79 Å². The maximum atomic E-state index is 11.9. The van der Waals surface area contributed by atoms with Gasteiger partial charge in [-0.2, -0.15) is 0 Å². The van der Waals surface area contributed by atoms with Gasteiger partial charge in [-0.05, 0) is 44.0 Å². The second-order valence-corrected chi connectivity index (χ2v) is 5.80. The zero-order valence-electron chi connectivity index (χ0n) is 15.5. The standard InChI is InChI=1S/C21H27NO4/c1-3-24-19-11-6-7-12-20(19)25-15-8-13-21(23)22-14-16-26-18-10-5-4-9-17(18)2/h4-7,9-12H,3,8,13-16H2,1-2H3,(H,22,23). The Bertz CT molecular complexity index is 687. The van der Waals surface area contributed by atoms with Crippen molar-refractivity contribution in [3.8, 4) is 17.2 Å². The van der Waals surface area contributed by atoms with Gasteiger partial charge in [0, 0.05) is 6.42 Å². The Kier molecular flexibility index (Phi) is 8.33. The summed E-state index contributed by atoms with van der Waals surface area (Å²) in [4.78, 5) is 11.9. The minimum absolute atomic E-state index is 0.0000713. The Morgan fingerprint density at radius 1 is 0.885 bits per heavy atom. The fourth-order valence-electron chi connectivity index (χ4n) is 2.42. The second kappa shape index (κ2) is 11.0. The van der Waals surface area contributed by atoms with Crippen LogP contribution in [0, 0.1) is 6.92 Å². The zero-order chi connectivity index (χ0) is 18.6. The molecule has 0 aromatic heterocycles. The highest BCUT2D eigenvalue weighted by atomic mass is 16.5. The molecule has 5 nitrogen and oxygen atoms in total. The van der Waals surface area contributed by atoms with Crippen molar-refractivity contribution in [3.63, 3.8) is 0 Å². The second-order valence-electron chi connectivity index (χ2n) is 5.80. The summed E-state index contributed by atoms with van der Waals surface area (Å²) in [6, 6.07) is 15.4. The molecule has 0 radical (unpaired) electrons. The molecule has 0 unspecified atom stereocenters. The van der Waals surface area contributed by atoms with Gasteiger partial charge in [-0.1, -0.05) is 30.3 Å². The van der Waals surface area contributed by atoms with E-state index in [9.17, 15) is 4.79 Å². The van der Waals surface area contributed by atoms with Crippen molar-refractivity contribution < 1.29 is 19.0 Å². The first-order chi connectivity index (χ1) is 12.7. The van der Waals surface area contributed by atoms with Gasteiger partial charge in [0.05, 0.1) is 19.8 Å². The van der Waals surface area contributed by atoms with E-state index < -0.39 is 0 Å². The molecule has 2 aromatic rings. The molecule has 0 atom stereocenters. The van der Waals surface area contributed by atoms with Crippen LogP contribution in [0.25, 0.3) is 0 Å². The van der Waals surface area contributed by atoms with Gasteiger partial charge in [0.1, 0.15) is 12.4 Å². The van der Waals surface area contributed by atoms with Gasteiger partial charge in [0.15, 0.2) is 11.5 Å². The number of hydrogen-bond donors (Lipinski definition) is 1. The van der Waals surface area contributed by atoms with E-state index in [0.717, 1.165) is 17.1 Å². The summed E-state index contributed by atoms with van der Waals surface area (Å²) in [5, 5.41) is 2.86. The minimum Gasteiger partial charge on any atom is -0.491 e. The summed E-state index contributed by atoms with van der Waals surface area (Å²) < 4.78 is 16.9. The number of hydrogen-bond acceptors (Lipinski definition) is 4. The lowest BCUT2D eigenvalue weighted by atomic mass is 10.2. The normalized spacial score (nSPS) is 10.2. The molecule has 0 fully saturated rings. The van der Waals surface area contributed by atoms with Gasteiger partial charge in [-0.25, -0.2) is 0 Å². The van der Waals surface area contributed by atoms with Crippen LogP contribution < -0.4 is 19.5 Å². The van der Waals surface area contributed by atoms with Gasteiger partial charge < -0.3 is 19.5 Å². The first-order valence-electron chi connectivity index (χ1n) is 9.00. The van der Waals surface area contributed by atoms with Crippen LogP contribution in [-0.4, -0.2) is 32.3 Å². The Labute approximate surface area is 155 Å². The third-order valence-corrected chi connectivity index (χ3v) is 3.73. The highest BCUT2D eigenvalue weighted by molar-refractivity contribution is 5.75. The molecule has 0 aliphatic heterocycles. The van der Waals surface area contributed by atoms with E-state index in [1.807, 2.05) is 62.4 Å². The average Bonchev–Trinajstić information content (AvgIpc) is 2.65. The van der Waals surface area contributed by atoms with Crippen LogP contribution in [0.3, 0.4) is 0 Å². The maximum Gasteiger partial charge on any atom is 0.220 e. The fraction of sp³-hybridized carbons (Fsp3) is 0.381. The van der Waals surface area contributed by atoms with Gasteiger partial charge in [0.25, 0.3) is 0 Å². The molecule has 2 rings (SSSR count). The fourth-order valence-corrected chi connectivity index (χ4v) is 2.42. The Morgan fingerprint density at radius 2 is 1.50 bits per heavy atom. The number of para-hydroxylation sites is 3. The van der Waals surface area contributed by atoms with E-state index in [1.165, 1.54) is 0 Å². The quantitative estimate of drug-likeness (QED) is 0.622. The van der Waals surface area contributed by atoms with Gasteiger partial charge >= 0.3 is 0 Å². The Balaban J connectivity index is 1.59. The predicted molar refractivity (Wildman–Crippen MR) is 102 cm³/mol. The molecule has 0 spiro atoms. The van der Waals surface area contributed by atoms with Crippen molar-refractivity contribution >= 4 is 5.91 Å². The number of rotatable bonds is 11. The predicted octanol–water partition coefficient (Wildman–Crippen LogP) is 3.75. The molecular weight excluding hydrogens is 330 g/mol. The lowest BCUT2D eigenvalue weighted by Crippen LogP contribution is -2.28. The van der Waals surface area contributed by atoms with Gasteiger partial charge in [-0.15, -0.1) is 0 Å². The summed E-state index contributed by atoms with van der Waals surface area (Å²) in [6.45, 7) is 5.93. The first-order valence-corrected chi connectivity index (χ1v) is 9.00. The molecule has 0 heterocycles. The van der Waals surface area contributed by atoms with Crippen molar-refractivity contribution in [2.24, 2.45) is 0 Å². The molecule has 1 N–H and O–H groups in total. The molecule has 0 saturated heterocycles. The average molecular weight is 357 g/mol. The Morgan fingerprint density at radius 3 is 2.19 bits per heavy atom.